The summed E-state index contributed by atoms with van der Waals surface area (Å²) in [6.07, 6.45) is 2.80. The Morgan fingerprint density at radius 2 is 2.15 bits per heavy atom. The lowest BCUT2D eigenvalue weighted by atomic mass is 10.1. The fraction of sp³-hybridized carbons (Fsp3) is 0.333. The smallest absolute Gasteiger partial charge is 0.258 e. The second-order valence-corrected chi connectivity index (χ2v) is 4.80. The van der Waals surface area contributed by atoms with Crippen molar-refractivity contribution in [2.24, 2.45) is 7.05 Å². The standard InChI is InChI=1S/C15H20N4O/c1-4-8-16-13-10-11(2)5-6-12(13)15(20)17-14-7-9-19(3)18-14/h5-7,9-10,16H,4,8H2,1-3H3,(H,17,18,20). The first-order valence-electron chi connectivity index (χ1n) is 6.75. The van der Waals surface area contributed by atoms with E-state index in [-0.39, 0.29) is 5.91 Å². The maximum absolute atomic E-state index is 12.3. The SMILES string of the molecule is CCCNc1cc(C)ccc1C(=O)Nc1ccn(C)n1. The Labute approximate surface area is 119 Å². The molecule has 0 atom stereocenters. The van der Waals surface area contributed by atoms with Crippen LogP contribution < -0.4 is 10.6 Å². The normalized spacial score (nSPS) is 10.3. The van der Waals surface area contributed by atoms with Gasteiger partial charge in [-0.2, -0.15) is 5.10 Å². The van der Waals surface area contributed by atoms with Crippen molar-refractivity contribution in [2.45, 2.75) is 20.3 Å². The van der Waals surface area contributed by atoms with Crippen molar-refractivity contribution in [2.75, 3.05) is 17.2 Å². The molecule has 20 heavy (non-hydrogen) atoms. The number of benzene rings is 1. The van der Waals surface area contributed by atoms with Gasteiger partial charge in [0, 0.05) is 31.5 Å². The van der Waals surface area contributed by atoms with E-state index < -0.39 is 0 Å². The quantitative estimate of drug-likeness (QED) is 0.880. The molecule has 0 radical (unpaired) electrons. The van der Waals surface area contributed by atoms with E-state index in [9.17, 15) is 4.79 Å². The van der Waals surface area contributed by atoms with Crippen LogP contribution in [-0.2, 0) is 7.05 Å². The summed E-state index contributed by atoms with van der Waals surface area (Å²) in [5, 5.41) is 10.2. The first-order chi connectivity index (χ1) is 9.60. The topological polar surface area (TPSA) is 59.0 Å². The number of anilines is 2. The molecule has 106 valence electrons. The van der Waals surface area contributed by atoms with E-state index in [1.165, 1.54) is 0 Å². The summed E-state index contributed by atoms with van der Waals surface area (Å²) in [5.74, 6) is 0.404. The van der Waals surface area contributed by atoms with Crippen molar-refractivity contribution in [3.05, 3.63) is 41.6 Å². The van der Waals surface area contributed by atoms with Crippen LogP contribution in [0.1, 0.15) is 29.3 Å². The molecule has 2 aromatic rings. The van der Waals surface area contributed by atoms with Crippen LogP contribution in [0.2, 0.25) is 0 Å². The lowest BCUT2D eigenvalue weighted by Gasteiger charge is -2.12. The second kappa shape index (κ2) is 6.23. The second-order valence-electron chi connectivity index (χ2n) is 4.80. The highest BCUT2D eigenvalue weighted by atomic mass is 16.1. The summed E-state index contributed by atoms with van der Waals surface area (Å²) >= 11 is 0. The number of hydrogen-bond acceptors (Lipinski definition) is 3. The van der Waals surface area contributed by atoms with E-state index in [1.54, 1.807) is 16.9 Å². The number of hydrogen-bond donors (Lipinski definition) is 2. The molecule has 0 bridgehead atoms. The molecule has 5 heteroatoms. The predicted octanol–water partition coefficient (Wildman–Crippen LogP) is 2.80. The van der Waals surface area contributed by atoms with Crippen LogP contribution in [0.25, 0.3) is 0 Å². The number of aryl methyl sites for hydroxylation is 2. The van der Waals surface area contributed by atoms with Gasteiger partial charge in [0.05, 0.1) is 5.56 Å². The average molecular weight is 272 g/mol. The van der Waals surface area contributed by atoms with Gasteiger partial charge in [0.2, 0.25) is 0 Å². The largest absolute Gasteiger partial charge is 0.384 e. The van der Waals surface area contributed by atoms with Gasteiger partial charge in [-0.25, -0.2) is 0 Å². The van der Waals surface area contributed by atoms with Crippen LogP contribution in [0.4, 0.5) is 11.5 Å². The Kier molecular flexibility index (Phi) is 4.40. The first-order valence-corrected chi connectivity index (χ1v) is 6.75. The van der Waals surface area contributed by atoms with Gasteiger partial charge < -0.3 is 10.6 Å². The molecule has 2 rings (SSSR count). The minimum absolute atomic E-state index is 0.151. The molecule has 0 aliphatic carbocycles. The van der Waals surface area contributed by atoms with Crippen LogP contribution in [0.15, 0.2) is 30.5 Å². The Balaban J connectivity index is 2.19. The van der Waals surface area contributed by atoms with Crippen molar-refractivity contribution < 1.29 is 4.79 Å². The number of amides is 1. The maximum Gasteiger partial charge on any atom is 0.258 e. The minimum atomic E-state index is -0.151. The lowest BCUT2D eigenvalue weighted by Crippen LogP contribution is -2.15. The molecule has 1 amide bonds. The van der Waals surface area contributed by atoms with Crippen LogP contribution in [0.5, 0.6) is 0 Å². The average Bonchev–Trinajstić information content (AvgIpc) is 2.81. The highest BCUT2D eigenvalue weighted by Crippen LogP contribution is 2.19. The summed E-state index contributed by atoms with van der Waals surface area (Å²) in [6, 6.07) is 7.53. The molecule has 1 aromatic heterocycles. The molecule has 1 heterocycles. The Hall–Kier alpha value is -2.30. The van der Waals surface area contributed by atoms with Crippen molar-refractivity contribution in [3.8, 4) is 0 Å². The molecular weight excluding hydrogens is 252 g/mol. The predicted molar refractivity (Wildman–Crippen MR) is 81.1 cm³/mol. The number of carbonyl (C=O) groups is 1. The molecule has 0 spiro atoms. The molecule has 0 fully saturated rings. The summed E-state index contributed by atoms with van der Waals surface area (Å²) in [7, 11) is 1.82. The molecule has 0 aliphatic rings. The molecule has 2 N–H and O–H groups in total. The van der Waals surface area contributed by atoms with Gasteiger partial charge in [0.15, 0.2) is 5.82 Å². The van der Waals surface area contributed by atoms with Crippen molar-refractivity contribution >= 4 is 17.4 Å². The van der Waals surface area contributed by atoms with Crippen LogP contribution in [0, 0.1) is 6.92 Å². The summed E-state index contributed by atoms with van der Waals surface area (Å²) < 4.78 is 1.65. The minimum Gasteiger partial charge on any atom is -0.384 e. The van der Waals surface area contributed by atoms with Gasteiger partial charge in [0.25, 0.3) is 5.91 Å². The van der Waals surface area contributed by atoms with E-state index >= 15 is 0 Å². The monoisotopic (exact) mass is 272 g/mol. The molecule has 0 saturated carbocycles. The maximum atomic E-state index is 12.3. The fourth-order valence-corrected chi connectivity index (χ4v) is 1.93. The number of aromatic nitrogens is 2. The highest BCUT2D eigenvalue weighted by molar-refractivity contribution is 6.07. The van der Waals surface area contributed by atoms with E-state index in [0.717, 1.165) is 24.2 Å². The zero-order valence-electron chi connectivity index (χ0n) is 12.1. The Bertz CT molecular complexity index is 604. The summed E-state index contributed by atoms with van der Waals surface area (Å²) in [5.41, 5.74) is 2.62. The Morgan fingerprint density at radius 3 is 2.80 bits per heavy atom. The zero-order chi connectivity index (χ0) is 14.5. The van der Waals surface area contributed by atoms with Gasteiger partial charge in [-0.05, 0) is 31.0 Å². The van der Waals surface area contributed by atoms with E-state index in [1.807, 2.05) is 32.2 Å². The number of rotatable bonds is 5. The molecular formula is C15H20N4O. The first kappa shape index (κ1) is 14.1. The number of carbonyl (C=O) groups excluding carboxylic acids is 1. The number of nitrogens with zero attached hydrogens (tertiary/aromatic N) is 2. The Morgan fingerprint density at radius 1 is 1.35 bits per heavy atom. The summed E-state index contributed by atoms with van der Waals surface area (Å²) in [6.45, 7) is 4.95. The van der Waals surface area contributed by atoms with Crippen LogP contribution in [-0.4, -0.2) is 22.2 Å². The molecule has 0 unspecified atom stereocenters. The third kappa shape index (κ3) is 3.38. The molecule has 5 nitrogen and oxygen atoms in total. The fourth-order valence-electron chi connectivity index (χ4n) is 1.93. The van der Waals surface area contributed by atoms with Gasteiger partial charge in [-0.3, -0.25) is 9.48 Å². The van der Waals surface area contributed by atoms with Crippen molar-refractivity contribution in [1.29, 1.82) is 0 Å². The zero-order valence-corrected chi connectivity index (χ0v) is 12.1. The number of nitrogens with one attached hydrogen (secondary N) is 2. The lowest BCUT2D eigenvalue weighted by molar-refractivity contribution is 0.102. The van der Waals surface area contributed by atoms with Gasteiger partial charge in [-0.15, -0.1) is 0 Å². The van der Waals surface area contributed by atoms with Gasteiger partial charge in [0.1, 0.15) is 0 Å². The highest BCUT2D eigenvalue weighted by Gasteiger charge is 2.12. The van der Waals surface area contributed by atoms with Gasteiger partial charge in [-0.1, -0.05) is 13.0 Å². The van der Waals surface area contributed by atoms with E-state index in [2.05, 4.69) is 22.7 Å². The van der Waals surface area contributed by atoms with Crippen molar-refractivity contribution in [3.63, 3.8) is 0 Å². The third-order valence-corrected chi connectivity index (χ3v) is 2.94. The molecule has 0 saturated heterocycles. The van der Waals surface area contributed by atoms with Crippen LogP contribution >= 0.6 is 0 Å². The summed E-state index contributed by atoms with van der Waals surface area (Å²) in [4.78, 5) is 12.3. The van der Waals surface area contributed by atoms with E-state index in [0.29, 0.717) is 11.4 Å². The van der Waals surface area contributed by atoms with E-state index in [4.69, 9.17) is 0 Å². The third-order valence-electron chi connectivity index (χ3n) is 2.94. The van der Waals surface area contributed by atoms with Crippen LogP contribution in [0.3, 0.4) is 0 Å². The van der Waals surface area contributed by atoms with Crippen molar-refractivity contribution in [1.82, 2.24) is 9.78 Å². The van der Waals surface area contributed by atoms with Gasteiger partial charge >= 0.3 is 0 Å². The molecule has 0 aliphatic heterocycles. The molecule has 1 aromatic carbocycles.